The molecule has 0 aliphatic heterocycles. The Labute approximate surface area is 117 Å². The van der Waals surface area contributed by atoms with Gasteiger partial charge in [0, 0.05) is 18.5 Å². The van der Waals surface area contributed by atoms with Crippen molar-refractivity contribution in [2.75, 3.05) is 24.2 Å². The average Bonchev–Trinajstić information content (AvgIpc) is 3.17. The normalized spacial score (nSPS) is 16.6. The van der Waals surface area contributed by atoms with Gasteiger partial charge in [0.25, 0.3) is 0 Å². The van der Waals surface area contributed by atoms with Crippen LogP contribution < -0.4 is 10.6 Å². The van der Waals surface area contributed by atoms with Crippen LogP contribution in [-0.2, 0) is 0 Å². The number of nitrogens with one attached hydrogen (secondary N) is 2. The summed E-state index contributed by atoms with van der Waals surface area (Å²) in [7, 11) is 1.86. The van der Waals surface area contributed by atoms with Crippen molar-refractivity contribution in [2.24, 2.45) is 11.8 Å². The van der Waals surface area contributed by atoms with Crippen LogP contribution in [0.25, 0.3) is 10.2 Å². The number of aryl methyl sites for hydroxylation is 1. The summed E-state index contributed by atoms with van der Waals surface area (Å²) in [6, 6.07) is 2.17. The first kappa shape index (κ1) is 12.7. The summed E-state index contributed by atoms with van der Waals surface area (Å²) < 4.78 is 0. The number of hydrogen-bond donors (Lipinski definition) is 2. The second-order valence-electron chi connectivity index (χ2n) is 5.42. The van der Waals surface area contributed by atoms with E-state index in [2.05, 4.69) is 40.5 Å². The molecule has 0 bridgehead atoms. The van der Waals surface area contributed by atoms with Gasteiger partial charge >= 0.3 is 0 Å². The van der Waals surface area contributed by atoms with Crippen LogP contribution in [0.1, 0.15) is 24.6 Å². The molecule has 0 radical (unpaired) electrons. The predicted molar refractivity (Wildman–Crippen MR) is 82.1 cm³/mol. The third kappa shape index (κ3) is 2.66. The summed E-state index contributed by atoms with van der Waals surface area (Å²) in [4.78, 5) is 11.4. The molecule has 1 aliphatic carbocycles. The average molecular weight is 276 g/mol. The third-order valence-electron chi connectivity index (χ3n) is 3.76. The van der Waals surface area contributed by atoms with Crippen molar-refractivity contribution in [2.45, 2.75) is 26.7 Å². The number of thiophene rings is 1. The van der Waals surface area contributed by atoms with Crippen molar-refractivity contribution in [3.63, 3.8) is 0 Å². The minimum absolute atomic E-state index is 0.691. The lowest BCUT2D eigenvalue weighted by molar-refractivity contribution is 0.536. The third-order valence-corrected chi connectivity index (χ3v) is 4.70. The number of hydrogen-bond acceptors (Lipinski definition) is 5. The van der Waals surface area contributed by atoms with E-state index in [4.69, 9.17) is 0 Å². The monoisotopic (exact) mass is 276 g/mol. The largest absolute Gasteiger partial charge is 0.369 e. The van der Waals surface area contributed by atoms with Crippen molar-refractivity contribution >= 4 is 33.3 Å². The maximum absolute atomic E-state index is 4.56. The summed E-state index contributed by atoms with van der Waals surface area (Å²) in [6.07, 6.45) is 2.78. The Kier molecular flexibility index (Phi) is 3.31. The maximum atomic E-state index is 4.56. The highest BCUT2D eigenvalue weighted by Gasteiger charge is 2.27. The minimum atomic E-state index is 0.691. The van der Waals surface area contributed by atoms with Crippen LogP contribution in [0.5, 0.6) is 0 Å². The molecule has 0 amide bonds. The number of rotatable bonds is 5. The molecule has 2 heterocycles. The van der Waals surface area contributed by atoms with E-state index in [0.717, 1.165) is 34.4 Å². The van der Waals surface area contributed by atoms with E-state index in [9.17, 15) is 0 Å². The van der Waals surface area contributed by atoms with E-state index in [-0.39, 0.29) is 0 Å². The summed E-state index contributed by atoms with van der Waals surface area (Å²) in [5, 5.41) is 7.69. The van der Waals surface area contributed by atoms with E-state index >= 15 is 0 Å². The van der Waals surface area contributed by atoms with Gasteiger partial charge in [0.05, 0.1) is 5.39 Å². The first-order valence-electron chi connectivity index (χ1n) is 6.87. The number of fused-ring (bicyclic) bond motifs is 1. The van der Waals surface area contributed by atoms with E-state index in [0.29, 0.717) is 5.95 Å². The van der Waals surface area contributed by atoms with Crippen LogP contribution in [0.15, 0.2) is 6.07 Å². The highest BCUT2D eigenvalue weighted by atomic mass is 32.1. The second kappa shape index (κ2) is 4.96. The molecule has 2 N–H and O–H groups in total. The Bertz CT molecular complexity index is 588. The Morgan fingerprint density at radius 3 is 2.89 bits per heavy atom. The molecule has 19 heavy (non-hydrogen) atoms. The fourth-order valence-electron chi connectivity index (χ4n) is 2.38. The standard InChI is InChI=1S/C14H20N4S/c1-8(10-4-5-10)7-16-12-11-6-9(2)19-13(11)18-14(15-3)17-12/h6,8,10H,4-5,7H2,1-3H3,(H2,15,16,17,18). The number of nitrogens with zero attached hydrogens (tertiary/aromatic N) is 2. The Hall–Kier alpha value is -1.36. The van der Waals surface area contributed by atoms with Crippen LogP contribution in [0, 0.1) is 18.8 Å². The van der Waals surface area contributed by atoms with Crippen molar-refractivity contribution in [1.29, 1.82) is 0 Å². The zero-order valence-electron chi connectivity index (χ0n) is 11.7. The van der Waals surface area contributed by atoms with Crippen LogP contribution in [-0.4, -0.2) is 23.6 Å². The first-order valence-corrected chi connectivity index (χ1v) is 7.69. The Morgan fingerprint density at radius 1 is 1.42 bits per heavy atom. The van der Waals surface area contributed by atoms with Crippen molar-refractivity contribution in [3.05, 3.63) is 10.9 Å². The van der Waals surface area contributed by atoms with Crippen molar-refractivity contribution < 1.29 is 0 Å². The van der Waals surface area contributed by atoms with Crippen LogP contribution in [0.4, 0.5) is 11.8 Å². The molecule has 1 aliphatic rings. The maximum Gasteiger partial charge on any atom is 0.225 e. The van der Waals surface area contributed by atoms with Gasteiger partial charge in [0.1, 0.15) is 10.6 Å². The summed E-state index contributed by atoms with van der Waals surface area (Å²) in [6.45, 7) is 5.43. The molecule has 0 aromatic carbocycles. The van der Waals surface area contributed by atoms with Crippen molar-refractivity contribution in [1.82, 2.24) is 9.97 Å². The predicted octanol–water partition coefficient (Wildman–Crippen LogP) is 3.50. The molecule has 1 atom stereocenters. The zero-order chi connectivity index (χ0) is 13.4. The quantitative estimate of drug-likeness (QED) is 0.877. The molecule has 1 fully saturated rings. The molecule has 0 spiro atoms. The van der Waals surface area contributed by atoms with Gasteiger partial charge in [-0.2, -0.15) is 4.98 Å². The Morgan fingerprint density at radius 2 is 2.21 bits per heavy atom. The molecule has 2 aromatic rings. The molecule has 0 saturated heterocycles. The smallest absolute Gasteiger partial charge is 0.225 e. The molecule has 1 saturated carbocycles. The highest BCUT2D eigenvalue weighted by molar-refractivity contribution is 7.18. The number of anilines is 2. The Balaban J connectivity index is 1.86. The topological polar surface area (TPSA) is 49.8 Å². The minimum Gasteiger partial charge on any atom is -0.369 e. The number of aromatic nitrogens is 2. The van der Waals surface area contributed by atoms with E-state index in [1.165, 1.54) is 17.7 Å². The zero-order valence-corrected chi connectivity index (χ0v) is 12.5. The first-order chi connectivity index (χ1) is 9.17. The molecule has 3 rings (SSSR count). The summed E-state index contributed by atoms with van der Waals surface area (Å²) in [5.41, 5.74) is 0. The van der Waals surface area contributed by atoms with Gasteiger partial charge < -0.3 is 10.6 Å². The van der Waals surface area contributed by atoms with Gasteiger partial charge in [-0.05, 0) is 37.7 Å². The molecule has 1 unspecified atom stereocenters. The summed E-state index contributed by atoms with van der Waals surface area (Å²) in [5.74, 6) is 3.29. The molecule has 5 heteroatoms. The molecule has 2 aromatic heterocycles. The van der Waals surface area contributed by atoms with E-state index < -0.39 is 0 Å². The van der Waals surface area contributed by atoms with Crippen molar-refractivity contribution in [3.8, 4) is 0 Å². The van der Waals surface area contributed by atoms with Crippen LogP contribution in [0.2, 0.25) is 0 Å². The van der Waals surface area contributed by atoms with Gasteiger partial charge in [-0.3, -0.25) is 0 Å². The van der Waals surface area contributed by atoms with Gasteiger partial charge in [0.15, 0.2) is 0 Å². The van der Waals surface area contributed by atoms with Gasteiger partial charge in [0.2, 0.25) is 5.95 Å². The van der Waals surface area contributed by atoms with Gasteiger partial charge in [-0.1, -0.05) is 6.92 Å². The molecular formula is C14H20N4S. The SMILES string of the molecule is CNc1nc(NCC(C)C2CC2)c2cc(C)sc2n1. The van der Waals surface area contributed by atoms with E-state index in [1.54, 1.807) is 11.3 Å². The fraction of sp³-hybridized carbons (Fsp3) is 0.571. The van der Waals surface area contributed by atoms with Crippen LogP contribution >= 0.6 is 11.3 Å². The van der Waals surface area contributed by atoms with Gasteiger partial charge in [-0.25, -0.2) is 4.98 Å². The lowest BCUT2D eigenvalue weighted by Crippen LogP contribution is -2.14. The lowest BCUT2D eigenvalue weighted by Gasteiger charge is -2.13. The summed E-state index contributed by atoms with van der Waals surface area (Å²) >= 11 is 1.72. The highest BCUT2D eigenvalue weighted by Crippen LogP contribution is 2.37. The van der Waals surface area contributed by atoms with Gasteiger partial charge in [-0.15, -0.1) is 11.3 Å². The molecule has 102 valence electrons. The lowest BCUT2D eigenvalue weighted by atomic mass is 10.1. The van der Waals surface area contributed by atoms with E-state index in [1.807, 2.05) is 7.05 Å². The molecular weight excluding hydrogens is 256 g/mol. The van der Waals surface area contributed by atoms with Crippen LogP contribution in [0.3, 0.4) is 0 Å². The molecule has 4 nitrogen and oxygen atoms in total. The fourth-order valence-corrected chi connectivity index (χ4v) is 3.26. The second-order valence-corrected chi connectivity index (χ2v) is 6.65.